The van der Waals surface area contributed by atoms with Gasteiger partial charge in [0.2, 0.25) is 59.1 Å². The van der Waals surface area contributed by atoms with Crippen molar-refractivity contribution >= 4 is 71.0 Å². The van der Waals surface area contributed by atoms with Gasteiger partial charge >= 0.3 is 5.97 Å². The van der Waals surface area contributed by atoms with Crippen LogP contribution >= 0.6 is 0 Å². The number of hydrogen-bond acceptors (Lipinski definition) is 12. The summed E-state index contributed by atoms with van der Waals surface area (Å²) in [5.74, 6) is -9.86. The summed E-state index contributed by atoms with van der Waals surface area (Å²) in [4.78, 5) is 154. The van der Waals surface area contributed by atoms with Gasteiger partial charge in [0.05, 0.1) is 19.5 Å². The number of carboxylic acid groups (broad SMARTS) is 1. The standard InChI is InChI=1S/C47H83N13O12/c1-12-18-30(40(66)56-38(27(7)13-2)44(70)54-31(19-16-21-51-47(48)49)45(71)60-22-17-20-32(60)41(67)50-15-4)53-42(68)33(23-36(64)65)59(11)46(72)39(28(8)14-3)57-43(69)37(26(5)6)55-34(62)24-52-35(63)25-58(10)29(9)61/h26-28,30-33,37-39H,12-25H2,1-11H3,(H,50,67)(H,52,63)(H,53,68)(H,54,70)(H,55,62)(H,56,66)(H,57,69)(H,64,65)(H4,48,49,51)/t27-,28?,30-,31-,32-,33-,37-,38-,39+/m0/s1. The summed E-state index contributed by atoms with van der Waals surface area (Å²) in [6, 6.07) is -8.67. The molecule has 1 unspecified atom stereocenters. The fourth-order valence-corrected chi connectivity index (χ4v) is 7.79. The van der Waals surface area contributed by atoms with Crippen LogP contribution in [-0.4, -0.2) is 180 Å². The van der Waals surface area contributed by atoms with E-state index in [1.165, 1.54) is 25.9 Å². The number of carbonyl (C=O) groups excluding carboxylic acids is 10. The van der Waals surface area contributed by atoms with Gasteiger partial charge in [-0.25, -0.2) is 0 Å². The minimum Gasteiger partial charge on any atom is -0.481 e. The van der Waals surface area contributed by atoms with Crippen LogP contribution in [0.5, 0.6) is 0 Å². The van der Waals surface area contributed by atoms with Crippen molar-refractivity contribution in [2.24, 2.45) is 34.2 Å². The van der Waals surface area contributed by atoms with Crippen LogP contribution in [0.4, 0.5) is 0 Å². The van der Waals surface area contributed by atoms with Crippen LogP contribution in [0.2, 0.25) is 0 Å². The minimum atomic E-state index is -1.70. The molecule has 0 bridgehead atoms. The molecule has 1 rings (SSSR count). The van der Waals surface area contributed by atoms with Crippen molar-refractivity contribution in [3.05, 3.63) is 0 Å². The van der Waals surface area contributed by atoms with Gasteiger partial charge in [-0.2, -0.15) is 0 Å². The van der Waals surface area contributed by atoms with E-state index in [1.807, 2.05) is 0 Å². The Morgan fingerprint density at radius 2 is 1.31 bits per heavy atom. The summed E-state index contributed by atoms with van der Waals surface area (Å²) in [7, 11) is 2.60. The van der Waals surface area contributed by atoms with Gasteiger partial charge in [0.1, 0.15) is 42.3 Å². The van der Waals surface area contributed by atoms with Crippen molar-refractivity contribution in [2.75, 3.05) is 46.8 Å². The average molecular weight is 1020 g/mol. The number of aliphatic imine (C=N–C) groups is 1. The molecule has 1 aliphatic heterocycles. The average Bonchev–Trinajstić information content (AvgIpc) is 3.82. The SMILES string of the molecule is CCC[C@H](NC(=O)[C@H](CC(=O)O)N(C)C(=O)[C@H](NC(=O)[C@@H](NC(=O)CNC(=O)CN(C)C(C)=O)C(C)C)C(C)CC)C(=O)N[C@H](C(=O)N[C@@H](CCCN=C(N)N)C(=O)N1CCC[C@H]1C(=O)NCC)[C@@H](C)CC. The predicted molar refractivity (Wildman–Crippen MR) is 267 cm³/mol. The molecular weight excluding hydrogens is 939 g/mol. The first-order chi connectivity index (χ1) is 33.8. The lowest BCUT2D eigenvalue weighted by molar-refractivity contribution is -0.148. The number of nitrogens with zero attached hydrogens (tertiary/aromatic N) is 4. The molecule has 0 radical (unpaired) electrons. The normalized spacial score (nSPS) is 16.4. The third kappa shape index (κ3) is 20.7. The van der Waals surface area contributed by atoms with Crippen LogP contribution in [0.1, 0.15) is 120 Å². The number of likely N-dealkylation sites (tertiary alicyclic amines) is 1. The number of likely N-dealkylation sites (N-methyl/N-ethyl adjacent to an activating group) is 3. The van der Waals surface area contributed by atoms with Crippen molar-refractivity contribution in [3.63, 3.8) is 0 Å². The van der Waals surface area contributed by atoms with E-state index in [0.717, 1.165) is 9.80 Å². The lowest BCUT2D eigenvalue weighted by Gasteiger charge is -2.34. The van der Waals surface area contributed by atoms with E-state index in [9.17, 15) is 57.8 Å². The first-order valence-corrected chi connectivity index (χ1v) is 24.9. The van der Waals surface area contributed by atoms with Crippen LogP contribution in [-0.2, 0) is 52.7 Å². The largest absolute Gasteiger partial charge is 0.481 e. The topological polar surface area (TPSA) is 366 Å². The lowest BCUT2D eigenvalue weighted by Crippen LogP contribution is -2.62. The second-order valence-electron chi connectivity index (χ2n) is 18.7. The highest BCUT2D eigenvalue weighted by Crippen LogP contribution is 2.21. The van der Waals surface area contributed by atoms with Crippen molar-refractivity contribution in [3.8, 4) is 0 Å². The summed E-state index contributed by atoms with van der Waals surface area (Å²) < 4.78 is 0. The number of carbonyl (C=O) groups is 11. The molecule has 25 heteroatoms. The quantitative estimate of drug-likeness (QED) is 0.0205. The molecule has 0 aromatic carbocycles. The Kier molecular flexibility index (Phi) is 27.9. The smallest absolute Gasteiger partial charge is 0.305 e. The summed E-state index contributed by atoms with van der Waals surface area (Å²) in [5.41, 5.74) is 11.0. The van der Waals surface area contributed by atoms with Gasteiger partial charge in [0, 0.05) is 40.7 Å². The van der Waals surface area contributed by atoms with E-state index in [4.69, 9.17) is 11.5 Å². The second kappa shape index (κ2) is 31.7. The van der Waals surface area contributed by atoms with Gasteiger partial charge in [-0.1, -0.05) is 67.7 Å². The molecule has 1 heterocycles. The van der Waals surface area contributed by atoms with Crippen LogP contribution in [0, 0.1) is 17.8 Å². The van der Waals surface area contributed by atoms with Crippen LogP contribution in [0.15, 0.2) is 4.99 Å². The van der Waals surface area contributed by atoms with E-state index in [2.05, 4.69) is 42.2 Å². The fourth-order valence-electron chi connectivity index (χ4n) is 7.79. The first-order valence-electron chi connectivity index (χ1n) is 24.9. The van der Waals surface area contributed by atoms with E-state index in [-0.39, 0.29) is 56.7 Å². The molecule has 0 spiro atoms. The number of nitrogens with one attached hydrogen (secondary N) is 7. The van der Waals surface area contributed by atoms with Gasteiger partial charge in [-0.05, 0) is 56.8 Å². The Balaban J connectivity index is 3.42. The number of aliphatic carboxylic acids is 1. The summed E-state index contributed by atoms with van der Waals surface area (Å²) in [6.45, 7) is 14.9. The second-order valence-corrected chi connectivity index (χ2v) is 18.7. The Bertz CT molecular complexity index is 1930. The zero-order valence-corrected chi connectivity index (χ0v) is 44.1. The zero-order valence-electron chi connectivity index (χ0n) is 44.1. The number of carboxylic acids is 1. The molecule has 0 saturated carbocycles. The van der Waals surface area contributed by atoms with E-state index in [1.54, 1.807) is 55.4 Å². The Morgan fingerprint density at radius 3 is 1.85 bits per heavy atom. The van der Waals surface area contributed by atoms with Crippen LogP contribution < -0.4 is 48.7 Å². The third-order valence-electron chi connectivity index (χ3n) is 12.6. The Morgan fingerprint density at radius 1 is 0.722 bits per heavy atom. The van der Waals surface area contributed by atoms with Gasteiger partial charge < -0.3 is 68.5 Å². The maximum absolute atomic E-state index is 14.3. The molecule has 0 aromatic rings. The zero-order chi connectivity index (χ0) is 55.0. The number of nitrogens with two attached hydrogens (primary N) is 2. The molecule has 408 valence electrons. The number of guanidine groups is 1. The summed E-state index contributed by atoms with van der Waals surface area (Å²) >= 11 is 0. The third-order valence-corrected chi connectivity index (χ3v) is 12.6. The molecule has 1 aliphatic rings. The molecule has 12 N–H and O–H groups in total. The Labute approximate surface area is 423 Å². The molecule has 72 heavy (non-hydrogen) atoms. The van der Waals surface area contributed by atoms with Crippen molar-refractivity contribution < 1.29 is 57.8 Å². The molecule has 0 aliphatic carbocycles. The fraction of sp³-hybridized carbons (Fsp3) is 0.745. The maximum Gasteiger partial charge on any atom is 0.305 e. The first kappa shape index (κ1) is 63.5. The highest BCUT2D eigenvalue weighted by molar-refractivity contribution is 5.99. The van der Waals surface area contributed by atoms with E-state index in [0.29, 0.717) is 38.6 Å². The molecule has 0 aromatic heterocycles. The molecule has 1 fully saturated rings. The predicted octanol–water partition coefficient (Wildman–Crippen LogP) is -1.96. The monoisotopic (exact) mass is 1020 g/mol. The minimum absolute atomic E-state index is 0.0267. The number of rotatable bonds is 31. The highest BCUT2D eigenvalue weighted by atomic mass is 16.4. The molecule has 25 nitrogen and oxygen atoms in total. The van der Waals surface area contributed by atoms with Crippen LogP contribution in [0.3, 0.4) is 0 Å². The van der Waals surface area contributed by atoms with E-state index >= 15 is 0 Å². The lowest BCUT2D eigenvalue weighted by atomic mass is 9.95. The molecule has 10 amide bonds. The van der Waals surface area contributed by atoms with Crippen molar-refractivity contribution in [1.29, 1.82) is 0 Å². The molecule has 1 saturated heterocycles. The van der Waals surface area contributed by atoms with Crippen molar-refractivity contribution in [1.82, 2.24) is 51.9 Å². The van der Waals surface area contributed by atoms with Gasteiger partial charge in [0.25, 0.3) is 0 Å². The molecule has 9 atom stereocenters. The maximum atomic E-state index is 14.3. The van der Waals surface area contributed by atoms with Gasteiger partial charge in [0.15, 0.2) is 5.96 Å². The molecular formula is C47H83N13O12. The summed E-state index contributed by atoms with van der Waals surface area (Å²) in [6.07, 6.45) is 1.57. The van der Waals surface area contributed by atoms with Gasteiger partial charge in [-0.3, -0.25) is 57.7 Å². The number of hydrogen-bond donors (Lipinski definition) is 10. The summed E-state index contributed by atoms with van der Waals surface area (Å²) in [5, 5.41) is 28.4. The van der Waals surface area contributed by atoms with Crippen molar-refractivity contribution in [2.45, 2.75) is 162 Å². The van der Waals surface area contributed by atoms with Crippen LogP contribution in [0.25, 0.3) is 0 Å². The number of amides is 10. The van der Waals surface area contributed by atoms with E-state index < -0.39 is 126 Å². The highest BCUT2D eigenvalue weighted by Gasteiger charge is 2.41. The Hall–Kier alpha value is -6.56. The van der Waals surface area contributed by atoms with Gasteiger partial charge in [-0.15, -0.1) is 0 Å².